The third-order valence-corrected chi connectivity index (χ3v) is 4.58. The maximum absolute atomic E-state index is 10.5. The molecule has 1 unspecified atom stereocenters. The van der Waals surface area contributed by atoms with Crippen molar-refractivity contribution in [1.82, 2.24) is 8.75 Å². The molecule has 0 fully saturated rings. The fraction of sp³-hybridized carbons (Fsp3) is 0.688. The van der Waals surface area contributed by atoms with Crippen LogP contribution in [0.4, 0.5) is 0 Å². The molecule has 0 radical (unpaired) electrons. The lowest BCUT2D eigenvalue weighted by molar-refractivity contribution is -0.919. The molecule has 128 valence electrons. The minimum absolute atomic E-state index is 0.381. The molecule has 0 aromatic carbocycles. The van der Waals surface area contributed by atoms with E-state index in [1.54, 1.807) is 0 Å². The minimum atomic E-state index is 0.381. The van der Waals surface area contributed by atoms with Crippen molar-refractivity contribution in [3.63, 3.8) is 0 Å². The number of carbonyl (C=O) groups excluding carboxylic acids is 1. The molecule has 2 rings (SSSR count). The molecule has 1 aliphatic rings. The molecule has 23 heavy (non-hydrogen) atoms. The summed E-state index contributed by atoms with van der Waals surface area (Å²) >= 11 is 1.19. The Morgan fingerprint density at radius 1 is 1.35 bits per heavy atom. The molecule has 6 nitrogen and oxygen atoms in total. The monoisotopic (exact) mass is 340 g/mol. The van der Waals surface area contributed by atoms with E-state index in [4.69, 9.17) is 9.47 Å². The number of rotatable bonds is 10. The Morgan fingerprint density at radius 2 is 2.22 bits per heavy atom. The Kier molecular flexibility index (Phi) is 6.98. The first kappa shape index (κ1) is 17.9. The highest BCUT2D eigenvalue weighted by Crippen LogP contribution is 2.29. The van der Waals surface area contributed by atoms with Gasteiger partial charge < -0.3 is 9.47 Å². The second kappa shape index (κ2) is 8.98. The molecule has 0 saturated heterocycles. The van der Waals surface area contributed by atoms with E-state index >= 15 is 0 Å². The molecule has 1 aliphatic heterocycles. The van der Waals surface area contributed by atoms with Crippen LogP contribution in [0.25, 0.3) is 5.57 Å². The second-order valence-electron chi connectivity index (χ2n) is 6.24. The molecule has 0 aliphatic carbocycles. The molecule has 0 bridgehead atoms. The van der Waals surface area contributed by atoms with Crippen LogP contribution in [0.2, 0.25) is 0 Å². The number of unbranched alkanes of at least 4 members (excludes halogenated alkanes) is 3. The van der Waals surface area contributed by atoms with Gasteiger partial charge in [-0.25, -0.2) is 0 Å². The van der Waals surface area contributed by atoms with Crippen molar-refractivity contribution in [3.05, 3.63) is 11.8 Å². The van der Waals surface area contributed by atoms with Gasteiger partial charge in [-0.3, -0.25) is 9.28 Å². The van der Waals surface area contributed by atoms with Crippen molar-refractivity contribution in [2.75, 3.05) is 33.5 Å². The first-order valence-electron chi connectivity index (χ1n) is 8.22. The summed E-state index contributed by atoms with van der Waals surface area (Å²) in [5.74, 6) is 0.641. The van der Waals surface area contributed by atoms with Crippen molar-refractivity contribution in [2.24, 2.45) is 0 Å². The molecule has 0 amide bonds. The molecular formula is C16H26N3O3S+. The van der Waals surface area contributed by atoms with Gasteiger partial charge in [0.2, 0.25) is 6.73 Å². The number of aromatic nitrogens is 2. The fourth-order valence-electron chi connectivity index (χ4n) is 2.77. The largest absolute Gasteiger partial charge is 0.475 e. The van der Waals surface area contributed by atoms with Gasteiger partial charge in [0.25, 0.3) is 12.4 Å². The molecule has 1 aromatic heterocycles. The highest BCUT2D eigenvalue weighted by Gasteiger charge is 2.30. The standard InChI is InChI=1S/C16H26N3O3S/c1-3-4-5-6-10-22-16-15(17-23-18-16)14-8-7-9-19(2,11-14)12-21-13-20/h8,13H,3-7,9-12H2,1-2H3/q+1. The Labute approximate surface area is 142 Å². The Bertz CT molecular complexity index is 532. The van der Waals surface area contributed by atoms with Gasteiger partial charge in [-0.1, -0.05) is 32.3 Å². The number of quaternary nitrogens is 1. The predicted molar refractivity (Wildman–Crippen MR) is 90.1 cm³/mol. The van der Waals surface area contributed by atoms with E-state index < -0.39 is 0 Å². The number of hydrogen-bond acceptors (Lipinski definition) is 6. The van der Waals surface area contributed by atoms with Crippen LogP contribution < -0.4 is 4.74 Å². The van der Waals surface area contributed by atoms with Crippen molar-refractivity contribution in [2.45, 2.75) is 39.0 Å². The molecule has 0 saturated carbocycles. The van der Waals surface area contributed by atoms with E-state index in [0.717, 1.165) is 37.2 Å². The Morgan fingerprint density at radius 3 is 3.00 bits per heavy atom. The van der Waals surface area contributed by atoms with E-state index in [9.17, 15) is 4.79 Å². The van der Waals surface area contributed by atoms with E-state index in [-0.39, 0.29) is 0 Å². The Hall–Kier alpha value is -1.47. The molecule has 2 heterocycles. The smallest absolute Gasteiger partial charge is 0.297 e. The highest BCUT2D eigenvalue weighted by atomic mass is 32.1. The SMILES string of the molecule is CCCCCCOc1nsnc1C1=CCC[N+](C)(COC=O)C1. The van der Waals surface area contributed by atoms with Gasteiger partial charge in [0.1, 0.15) is 12.2 Å². The minimum Gasteiger partial charge on any atom is -0.475 e. The van der Waals surface area contributed by atoms with E-state index in [0.29, 0.717) is 30.2 Å². The van der Waals surface area contributed by atoms with E-state index in [1.165, 1.54) is 31.0 Å². The van der Waals surface area contributed by atoms with Gasteiger partial charge in [0, 0.05) is 12.0 Å². The van der Waals surface area contributed by atoms with Crippen molar-refractivity contribution in [3.8, 4) is 5.88 Å². The molecule has 7 heteroatoms. The first-order valence-corrected chi connectivity index (χ1v) is 8.95. The average Bonchev–Trinajstić information content (AvgIpc) is 3.01. The van der Waals surface area contributed by atoms with Gasteiger partial charge in [-0.05, 0) is 6.42 Å². The lowest BCUT2D eigenvalue weighted by Gasteiger charge is -2.35. The maximum atomic E-state index is 10.5. The van der Waals surface area contributed by atoms with Crippen LogP contribution in [0.15, 0.2) is 6.08 Å². The molecule has 0 spiro atoms. The highest BCUT2D eigenvalue weighted by molar-refractivity contribution is 6.99. The van der Waals surface area contributed by atoms with Gasteiger partial charge in [0.05, 0.1) is 31.9 Å². The number of likely N-dealkylation sites (N-methyl/N-ethyl adjacent to an activating group) is 1. The average molecular weight is 340 g/mol. The molecule has 1 atom stereocenters. The van der Waals surface area contributed by atoms with Gasteiger partial charge >= 0.3 is 0 Å². The quantitative estimate of drug-likeness (QED) is 0.372. The van der Waals surface area contributed by atoms with E-state index in [1.807, 2.05) is 0 Å². The second-order valence-corrected chi connectivity index (χ2v) is 6.77. The first-order chi connectivity index (χ1) is 11.2. The van der Waals surface area contributed by atoms with Crippen LogP contribution in [0.5, 0.6) is 5.88 Å². The number of carbonyl (C=O) groups is 1. The predicted octanol–water partition coefficient (Wildman–Crippen LogP) is 2.86. The van der Waals surface area contributed by atoms with Gasteiger partial charge in [-0.2, -0.15) is 4.37 Å². The van der Waals surface area contributed by atoms with Gasteiger partial charge in [0.15, 0.2) is 0 Å². The zero-order valence-corrected chi connectivity index (χ0v) is 14.8. The van der Waals surface area contributed by atoms with E-state index in [2.05, 4.69) is 28.8 Å². The normalized spacial score (nSPS) is 20.9. The third-order valence-electron chi connectivity index (χ3n) is 4.07. The molecule has 1 aromatic rings. The van der Waals surface area contributed by atoms with Crippen molar-refractivity contribution < 1.29 is 18.8 Å². The summed E-state index contributed by atoms with van der Waals surface area (Å²) < 4.78 is 20.2. The Balaban J connectivity index is 1.95. The third kappa shape index (κ3) is 5.28. The van der Waals surface area contributed by atoms with Crippen LogP contribution in [-0.4, -0.2) is 53.2 Å². The maximum Gasteiger partial charge on any atom is 0.297 e. The van der Waals surface area contributed by atoms with Crippen LogP contribution in [0.1, 0.15) is 44.7 Å². The lowest BCUT2D eigenvalue weighted by atomic mass is 10.1. The summed E-state index contributed by atoms with van der Waals surface area (Å²) in [7, 11) is 2.08. The molecule has 0 N–H and O–H groups in total. The van der Waals surface area contributed by atoms with Crippen molar-refractivity contribution in [1.29, 1.82) is 0 Å². The topological polar surface area (TPSA) is 61.3 Å². The summed E-state index contributed by atoms with van der Waals surface area (Å²) in [5, 5.41) is 0. The number of ether oxygens (including phenoxy) is 2. The number of hydrogen-bond donors (Lipinski definition) is 0. The number of nitrogens with zero attached hydrogens (tertiary/aromatic N) is 3. The van der Waals surface area contributed by atoms with Crippen LogP contribution in [0.3, 0.4) is 0 Å². The summed E-state index contributed by atoms with van der Waals surface area (Å²) in [4.78, 5) is 10.5. The summed E-state index contributed by atoms with van der Waals surface area (Å²) in [6.07, 6.45) is 7.82. The zero-order valence-electron chi connectivity index (χ0n) is 14.0. The fourth-order valence-corrected chi connectivity index (χ4v) is 3.30. The van der Waals surface area contributed by atoms with Crippen LogP contribution >= 0.6 is 11.7 Å². The summed E-state index contributed by atoms with van der Waals surface area (Å²) in [6, 6.07) is 0. The molecular weight excluding hydrogens is 314 g/mol. The van der Waals surface area contributed by atoms with Crippen LogP contribution in [0, 0.1) is 0 Å². The van der Waals surface area contributed by atoms with Crippen LogP contribution in [-0.2, 0) is 9.53 Å². The van der Waals surface area contributed by atoms with Gasteiger partial charge in [-0.15, -0.1) is 4.37 Å². The zero-order chi connectivity index (χ0) is 16.5. The van der Waals surface area contributed by atoms with Crippen molar-refractivity contribution >= 4 is 23.8 Å². The summed E-state index contributed by atoms with van der Waals surface area (Å²) in [6.45, 7) is 5.49. The lowest BCUT2D eigenvalue weighted by Crippen LogP contribution is -2.49. The summed E-state index contributed by atoms with van der Waals surface area (Å²) in [5.41, 5.74) is 1.98.